The van der Waals surface area contributed by atoms with Crippen LogP contribution in [0.3, 0.4) is 0 Å². The standard InChI is InChI=1S/C21H21N5S/c1-2-6-18(22)23-19-14-20(26-11-5-12-26)25-21(24-19)27-17-10-9-15-7-3-4-8-16(15)13-17/h2-4,6-10,13-14H,5,11-12H2,1H3,(H2,22,23,24,25)/p+1/b6-2+. The van der Waals surface area contributed by atoms with Gasteiger partial charge in [0.2, 0.25) is 11.6 Å². The molecule has 2 heterocycles. The van der Waals surface area contributed by atoms with Crippen molar-refractivity contribution in [3.05, 3.63) is 60.7 Å². The summed E-state index contributed by atoms with van der Waals surface area (Å²) in [5.74, 6) is 2.11. The van der Waals surface area contributed by atoms with Crippen LogP contribution in [0.1, 0.15) is 13.3 Å². The number of amidine groups is 1. The number of fused-ring (bicyclic) bond motifs is 1. The second kappa shape index (κ2) is 7.80. The number of allylic oxidation sites excluding steroid dienone is 1. The second-order valence-electron chi connectivity index (χ2n) is 6.42. The van der Waals surface area contributed by atoms with Gasteiger partial charge < -0.3 is 5.73 Å². The summed E-state index contributed by atoms with van der Waals surface area (Å²) in [7, 11) is 0. The average molecular weight is 377 g/mol. The van der Waals surface area contributed by atoms with Gasteiger partial charge in [-0.25, -0.2) is 4.98 Å². The third-order valence-electron chi connectivity index (χ3n) is 4.43. The first-order chi connectivity index (χ1) is 13.2. The van der Waals surface area contributed by atoms with Crippen LogP contribution in [0.25, 0.3) is 10.8 Å². The molecule has 1 aliphatic heterocycles. The third-order valence-corrected chi connectivity index (χ3v) is 5.31. The molecule has 0 aliphatic carbocycles. The van der Waals surface area contributed by atoms with Gasteiger partial charge in [0.05, 0.1) is 19.2 Å². The second-order valence-corrected chi connectivity index (χ2v) is 7.48. The molecule has 4 rings (SSSR count). The lowest BCUT2D eigenvalue weighted by Crippen LogP contribution is -2.41. The summed E-state index contributed by atoms with van der Waals surface area (Å²) in [6.45, 7) is 4.02. The molecule has 0 atom stereocenters. The molecule has 1 aromatic heterocycles. The van der Waals surface area contributed by atoms with Crippen molar-refractivity contribution in [2.75, 3.05) is 18.0 Å². The number of nitrogens with one attached hydrogen (secondary N) is 1. The van der Waals surface area contributed by atoms with Crippen molar-refractivity contribution >= 4 is 40.0 Å². The molecule has 27 heavy (non-hydrogen) atoms. The number of benzene rings is 2. The molecule has 1 aliphatic rings. The van der Waals surface area contributed by atoms with Gasteiger partial charge in [0.1, 0.15) is 5.84 Å². The summed E-state index contributed by atoms with van der Waals surface area (Å²) in [5.41, 5.74) is 5.95. The van der Waals surface area contributed by atoms with Crippen LogP contribution in [-0.2, 0) is 0 Å². The first-order valence-corrected chi connectivity index (χ1v) is 9.86. The van der Waals surface area contributed by atoms with Crippen LogP contribution in [0.4, 0.5) is 11.6 Å². The highest BCUT2D eigenvalue weighted by Gasteiger charge is 2.23. The number of rotatable bonds is 5. The fraction of sp³-hybridized carbons (Fsp3) is 0.190. The van der Waals surface area contributed by atoms with Crippen molar-refractivity contribution < 1.29 is 4.98 Å². The average Bonchev–Trinajstić information content (AvgIpc) is 2.60. The van der Waals surface area contributed by atoms with Crippen molar-refractivity contribution in [3.63, 3.8) is 0 Å². The number of hydrogen-bond donors (Lipinski definition) is 1. The van der Waals surface area contributed by atoms with Gasteiger partial charge >= 0.3 is 5.16 Å². The Balaban J connectivity index is 1.68. The summed E-state index contributed by atoms with van der Waals surface area (Å²) in [6, 6.07) is 16.8. The van der Waals surface area contributed by atoms with Gasteiger partial charge in [-0.15, -0.1) is 0 Å². The van der Waals surface area contributed by atoms with Gasteiger partial charge in [0.15, 0.2) is 0 Å². The zero-order valence-corrected chi connectivity index (χ0v) is 16.0. The minimum Gasteiger partial charge on any atom is -0.384 e. The fourth-order valence-electron chi connectivity index (χ4n) is 2.95. The van der Waals surface area contributed by atoms with E-state index in [1.807, 2.05) is 19.1 Å². The fourth-order valence-corrected chi connectivity index (χ4v) is 3.79. The molecule has 136 valence electrons. The molecule has 2 aromatic carbocycles. The molecule has 3 N–H and O–H groups in total. The highest BCUT2D eigenvalue weighted by molar-refractivity contribution is 7.99. The van der Waals surface area contributed by atoms with E-state index in [0.717, 1.165) is 29.0 Å². The van der Waals surface area contributed by atoms with E-state index in [-0.39, 0.29) is 0 Å². The van der Waals surface area contributed by atoms with E-state index >= 15 is 0 Å². The Kier molecular flexibility index (Phi) is 5.07. The molecule has 0 amide bonds. The van der Waals surface area contributed by atoms with Crippen LogP contribution in [0, 0.1) is 0 Å². The number of aromatic nitrogens is 2. The molecule has 1 saturated heterocycles. The lowest BCUT2D eigenvalue weighted by atomic mass is 10.1. The van der Waals surface area contributed by atoms with Crippen molar-refractivity contribution in [1.29, 1.82) is 0 Å². The number of hydrogen-bond acceptors (Lipinski definition) is 4. The predicted molar refractivity (Wildman–Crippen MR) is 112 cm³/mol. The Morgan fingerprint density at radius 3 is 2.74 bits per heavy atom. The topological polar surface area (TPSA) is 68.7 Å². The monoisotopic (exact) mass is 376 g/mol. The van der Waals surface area contributed by atoms with E-state index in [9.17, 15) is 0 Å². The first-order valence-electron chi connectivity index (χ1n) is 9.04. The third kappa shape index (κ3) is 4.11. The van der Waals surface area contributed by atoms with E-state index in [0.29, 0.717) is 11.7 Å². The van der Waals surface area contributed by atoms with Crippen LogP contribution in [0.15, 0.2) is 75.7 Å². The molecule has 6 heteroatoms. The van der Waals surface area contributed by atoms with E-state index in [2.05, 4.69) is 62.3 Å². The lowest BCUT2D eigenvalue weighted by Gasteiger charge is -2.26. The summed E-state index contributed by atoms with van der Waals surface area (Å²) in [6.07, 6.45) is 4.86. The van der Waals surface area contributed by atoms with Crippen LogP contribution in [-0.4, -0.2) is 23.9 Å². The highest BCUT2D eigenvalue weighted by Crippen LogP contribution is 2.29. The molecule has 0 radical (unpaired) electrons. The number of aliphatic imine (C=N–C) groups is 1. The van der Waals surface area contributed by atoms with E-state index < -0.39 is 0 Å². The molecule has 0 spiro atoms. The summed E-state index contributed by atoms with van der Waals surface area (Å²) >= 11 is 1.60. The Bertz CT molecular complexity index is 1020. The minimum atomic E-state index is 0.451. The number of nitrogens with zero attached hydrogens (tertiary/aromatic N) is 3. The van der Waals surface area contributed by atoms with Gasteiger partial charge in [-0.2, -0.15) is 4.99 Å². The molecule has 5 nitrogen and oxygen atoms in total. The smallest absolute Gasteiger partial charge is 0.303 e. The Labute approximate surface area is 163 Å². The maximum atomic E-state index is 5.95. The Hall–Kier alpha value is -2.86. The minimum absolute atomic E-state index is 0.451. The molecule has 0 unspecified atom stereocenters. The van der Waals surface area contributed by atoms with Gasteiger partial charge in [-0.1, -0.05) is 41.4 Å². The molecule has 0 saturated carbocycles. The maximum Gasteiger partial charge on any atom is 0.303 e. The van der Waals surface area contributed by atoms with Crippen LogP contribution < -0.4 is 15.6 Å². The molecular weight excluding hydrogens is 354 g/mol. The van der Waals surface area contributed by atoms with Gasteiger partial charge in [-0.3, -0.25) is 4.90 Å². The van der Waals surface area contributed by atoms with Crippen LogP contribution in [0.2, 0.25) is 0 Å². The van der Waals surface area contributed by atoms with Crippen molar-refractivity contribution in [2.24, 2.45) is 10.7 Å². The van der Waals surface area contributed by atoms with E-state index in [4.69, 9.17) is 5.73 Å². The first kappa shape index (κ1) is 17.5. The molecular formula is C21H22N5S+. The van der Waals surface area contributed by atoms with Crippen molar-refractivity contribution in [1.82, 2.24) is 4.98 Å². The molecule has 1 fully saturated rings. The van der Waals surface area contributed by atoms with Crippen molar-refractivity contribution in [3.8, 4) is 0 Å². The predicted octanol–water partition coefficient (Wildman–Crippen LogP) is 3.98. The van der Waals surface area contributed by atoms with Crippen LogP contribution in [0.5, 0.6) is 0 Å². The maximum absolute atomic E-state index is 5.95. The SMILES string of the molecule is C/C=C/C(N)=Nc1cc(N2CCC2)[nH+]c(Sc2ccc3ccccc3c2)n1. The zero-order chi connectivity index (χ0) is 18.6. The summed E-state index contributed by atoms with van der Waals surface area (Å²) in [4.78, 5) is 16.0. The van der Waals surface area contributed by atoms with Gasteiger partial charge in [0, 0.05) is 11.3 Å². The normalized spacial score (nSPS) is 14.7. The van der Waals surface area contributed by atoms with Gasteiger partial charge in [0.25, 0.3) is 0 Å². The van der Waals surface area contributed by atoms with Gasteiger partial charge in [-0.05, 0) is 47.7 Å². The number of anilines is 1. The Morgan fingerprint density at radius 2 is 2.00 bits per heavy atom. The zero-order valence-electron chi connectivity index (χ0n) is 15.2. The van der Waals surface area contributed by atoms with E-state index in [1.165, 1.54) is 17.2 Å². The molecule has 0 bridgehead atoms. The number of H-pyrrole nitrogens is 1. The quantitative estimate of drug-likeness (QED) is 0.415. The number of nitrogens with two attached hydrogens (primary N) is 1. The largest absolute Gasteiger partial charge is 0.384 e. The highest BCUT2D eigenvalue weighted by atomic mass is 32.2. The Morgan fingerprint density at radius 1 is 1.19 bits per heavy atom. The molecule has 3 aromatic rings. The summed E-state index contributed by atoms with van der Waals surface area (Å²) < 4.78 is 0. The van der Waals surface area contributed by atoms with Crippen molar-refractivity contribution in [2.45, 2.75) is 23.4 Å². The summed E-state index contributed by atoms with van der Waals surface area (Å²) in [5, 5.41) is 3.26. The number of aromatic amines is 1. The lowest BCUT2D eigenvalue weighted by molar-refractivity contribution is -0.420. The van der Waals surface area contributed by atoms with E-state index in [1.54, 1.807) is 17.8 Å². The van der Waals surface area contributed by atoms with Crippen LogP contribution >= 0.6 is 11.8 Å².